The number of rotatable bonds is 2. The molecule has 2 aromatic rings. The number of halogens is 1. The Morgan fingerprint density at radius 1 is 1.29 bits per heavy atom. The van der Waals surface area contributed by atoms with Gasteiger partial charge in [0.15, 0.2) is 5.82 Å². The number of nitrogens with zero attached hydrogens (tertiary/aromatic N) is 3. The van der Waals surface area contributed by atoms with E-state index in [0.29, 0.717) is 22.4 Å². The molecule has 0 aliphatic heterocycles. The predicted molar refractivity (Wildman–Crippen MR) is 67.6 cm³/mol. The van der Waals surface area contributed by atoms with Crippen molar-refractivity contribution in [2.45, 2.75) is 13.8 Å². The van der Waals surface area contributed by atoms with Crippen LogP contribution in [0.3, 0.4) is 0 Å². The quantitative estimate of drug-likeness (QED) is 0.630. The van der Waals surface area contributed by atoms with Crippen molar-refractivity contribution in [2.24, 2.45) is 5.84 Å². The highest BCUT2D eigenvalue weighted by molar-refractivity contribution is 6.32. The number of anilines is 1. The maximum atomic E-state index is 6.05. The number of nitrogen functional groups attached to an aromatic ring is 1. The normalized spacial score (nSPS) is 10.4. The van der Waals surface area contributed by atoms with Crippen LogP contribution in [0.15, 0.2) is 18.3 Å². The maximum absolute atomic E-state index is 6.05. The van der Waals surface area contributed by atoms with Gasteiger partial charge in [0.25, 0.3) is 0 Å². The van der Waals surface area contributed by atoms with Gasteiger partial charge in [-0.2, -0.15) is 0 Å². The molecule has 88 valence electrons. The molecule has 0 saturated carbocycles. The van der Waals surface area contributed by atoms with E-state index in [0.717, 1.165) is 11.3 Å². The fraction of sp³-hybridized carbons (Fsp3) is 0.182. The van der Waals surface area contributed by atoms with E-state index in [-0.39, 0.29) is 0 Å². The molecule has 0 saturated heterocycles. The molecule has 5 nitrogen and oxygen atoms in total. The lowest BCUT2D eigenvalue weighted by Crippen LogP contribution is -2.12. The van der Waals surface area contributed by atoms with Crippen molar-refractivity contribution in [3.05, 3.63) is 34.6 Å². The summed E-state index contributed by atoms with van der Waals surface area (Å²) in [5, 5.41) is 0.513. The van der Waals surface area contributed by atoms with Crippen molar-refractivity contribution >= 4 is 17.4 Å². The first-order chi connectivity index (χ1) is 8.13. The number of hydrogen-bond acceptors (Lipinski definition) is 5. The number of hydrazine groups is 1. The van der Waals surface area contributed by atoms with Crippen molar-refractivity contribution in [2.75, 3.05) is 5.43 Å². The molecular formula is C11H12ClN5. The molecule has 2 rings (SSSR count). The zero-order valence-corrected chi connectivity index (χ0v) is 10.3. The summed E-state index contributed by atoms with van der Waals surface area (Å²) in [4.78, 5) is 12.8. The monoisotopic (exact) mass is 249 g/mol. The standard InChI is InChI=1S/C11H12ClN5/c1-6-7(2)15-11(16-10(6)17-13)9-8(12)4-3-5-14-9/h3-5H,13H2,1-2H3,(H,15,16,17). The van der Waals surface area contributed by atoms with Gasteiger partial charge in [-0.1, -0.05) is 11.6 Å². The minimum atomic E-state index is 0.464. The summed E-state index contributed by atoms with van der Waals surface area (Å²) < 4.78 is 0. The first-order valence-corrected chi connectivity index (χ1v) is 5.44. The van der Waals surface area contributed by atoms with E-state index in [1.165, 1.54) is 0 Å². The van der Waals surface area contributed by atoms with Crippen LogP contribution < -0.4 is 11.3 Å². The summed E-state index contributed by atoms with van der Waals surface area (Å²) in [5.41, 5.74) is 4.84. The molecule has 0 aliphatic carbocycles. The third-order valence-corrected chi connectivity index (χ3v) is 2.80. The van der Waals surface area contributed by atoms with Crippen LogP contribution in [-0.2, 0) is 0 Å². The molecule has 6 heteroatoms. The first-order valence-electron chi connectivity index (χ1n) is 5.06. The molecule has 3 N–H and O–H groups in total. The molecule has 0 bridgehead atoms. The Kier molecular flexibility index (Phi) is 3.21. The predicted octanol–water partition coefficient (Wildman–Crippen LogP) is 2.09. The van der Waals surface area contributed by atoms with Gasteiger partial charge in [0.2, 0.25) is 0 Å². The fourth-order valence-electron chi connectivity index (χ4n) is 1.43. The van der Waals surface area contributed by atoms with Crippen LogP contribution in [-0.4, -0.2) is 15.0 Å². The van der Waals surface area contributed by atoms with Crippen molar-refractivity contribution < 1.29 is 0 Å². The molecule has 0 amide bonds. The number of aromatic nitrogens is 3. The summed E-state index contributed by atoms with van der Waals surface area (Å²) in [6, 6.07) is 3.51. The minimum Gasteiger partial charge on any atom is -0.308 e. The van der Waals surface area contributed by atoms with Crippen LogP contribution in [0.4, 0.5) is 5.82 Å². The summed E-state index contributed by atoms with van der Waals surface area (Å²) in [6.07, 6.45) is 1.65. The fourth-order valence-corrected chi connectivity index (χ4v) is 1.63. The second-order valence-electron chi connectivity index (χ2n) is 3.58. The molecule has 2 heterocycles. The molecule has 0 atom stereocenters. The van der Waals surface area contributed by atoms with Crippen molar-refractivity contribution in [3.63, 3.8) is 0 Å². The average Bonchev–Trinajstić information content (AvgIpc) is 2.33. The highest BCUT2D eigenvalue weighted by atomic mass is 35.5. The van der Waals surface area contributed by atoms with E-state index in [1.807, 2.05) is 13.8 Å². The Morgan fingerprint density at radius 3 is 2.71 bits per heavy atom. The van der Waals surface area contributed by atoms with Crippen LogP contribution >= 0.6 is 11.6 Å². The van der Waals surface area contributed by atoms with E-state index >= 15 is 0 Å². The van der Waals surface area contributed by atoms with Crippen LogP contribution in [0.2, 0.25) is 5.02 Å². The summed E-state index contributed by atoms with van der Waals surface area (Å²) in [5.74, 6) is 6.45. The Bertz CT molecular complexity index is 556. The van der Waals surface area contributed by atoms with E-state index in [2.05, 4.69) is 20.4 Å². The number of aryl methyl sites for hydroxylation is 1. The summed E-state index contributed by atoms with van der Waals surface area (Å²) in [7, 11) is 0. The highest BCUT2D eigenvalue weighted by Crippen LogP contribution is 2.24. The molecule has 0 radical (unpaired) electrons. The minimum absolute atomic E-state index is 0.464. The molecule has 0 aromatic carbocycles. The second kappa shape index (κ2) is 4.65. The molecule has 0 aliphatic rings. The lowest BCUT2D eigenvalue weighted by Gasteiger charge is -2.09. The van der Waals surface area contributed by atoms with Gasteiger partial charge in [0, 0.05) is 17.5 Å². The molecule has 2 aromatic heterocycles. The summed E-state index contributed by atoms with van der Waals surface area (Å²) in [6.45, 7) is 3.78. The van der Waals surface area contributed by atoms with Gasteiger partial charge in [-0.25, -0.2) is 15.8 Å². The Balaban J connectivity index is 2.61. The Hall–Kier alpha value is -1.72. The zero-order valence-electron chi connectivity index (χ0n) is 9.53. The third kappa shape index (κ3) is 2.20. The number of hydrogen-bond donors (Lipinski definition) is 2. The van der Waals surface area contributed by atoms with Gasteiger partial charge in [0.05, 0.1) is 5.02 Å². The Labute approximate surface area is 104 Å². The van der Waals surface area contributed by atoms with Gasteiger partial charge in [-0.05, 0) is 26.0 Å². The van der Waals surface area contributed by atoms with Gasteiger partial charge in [-0.3, -0.25) is 4.98 Å². The third-order valence-electron chi connectivity index (χ3n) is 2.50. The highest BCUT2D eigenvalue weighted by Gasteiger charge is 2.12. The smallest absolute Gasteiger partial charge is 0.182 e. The van der Waals surface area contributed by atoms with E-state index in [1.54, 1.807) is 18.3 Å². The molecular weight excluding hydrogens is 238 g/mol. The lowest BCUT2D eigenvalue weighted by atomic mass is 10.2. The molecule has 0 fully saturated rings. The van der Waals surface area contributed by atoms with Crippen LogP contribution in [0.25, 0.3) is 11.5 Å². The summed E-state index contributed by atoms with van der Waals surface area (Å²) >= 11 is 6.05. The Morgan fingerprint density at radius 2 is 2.06 bits per heavy atom. The largest absolute Gasteiger partial charge is 0.308 e. The average molecular weight is 250 g/mol. The van der Waals surface area contributed by atoms with E-state index in [9.17, 15) is 0 Å². The molecule has 17 heavy (non-hydrogen) atoms. The number of nitrogens with one attached hydrogen (secondary N) is 1. The topological polar surface area (TPSA) is 76.7 Å². The van der Waals surface area contributed by atoms with Crippen LogP contribution in [0.5, 0.6) is 0 Å². The lowest BCUT2D eigenvalue weighted by molar-refractivity contribution is 1.04. The molecule has 0 unspecified atom stereocenters. The van der Waals surface area contributed by atoms with E-state index in [4.69, 9.17) is 17.4 Å². The van der Waals surface area contributed by atoms with Crippen molar-refractivity contribution in [1.82, 2.24) is 15.0 Å². The zero-order chi connectivity index (χ0) is 12.4. The SMILES string of the molecule is Cc1nc(-c2ncccc2Cl)nc(NN)c1C. The van der Waals surface area contributed by atoms with Crippen LogP contribution in [0.1, 0.15) is 11.3 Å². The van der Waals surface area contributed by atoms with Gasteiger partial charge in [-0.15, -0.1) is 0 Å². The first kappa shape index (κ1) is 11.8. The molecule has 0 spiro atoms. The maximum Gasteiger partial charge on any atom is 0.182 e. The van der Waals surface area contributed by atoms with Crippen molar-refractivity contribution in [1.29, 1.82) is 0 Å². The van der Waals surface area contributed by atoms with Crippen molar-refractivity contribution in [3.8, 4) is 11.5 Å². The van der Waals surface area contributed by atoms with E-state index < -0.39 is 0 Å². The second-order valence-corrected chi connectivity index (χ2v) is 3.99. The van der Waals surface area contributed by atoms with Gasteiger partial charge < -0.3 is 5.43 Å². The van der Waals surface area contributed by atoms with Gasteiger partial charge >= 0.3 is 0 Å². The number of pyridine rings is 1. The van der Waals surface area contributed by atoms with Crippen LogP contribution in [0, 0.1) is 13.8 Å². The number of nitrogens with two attached hydrogens (primary N) is 1. The van der Waals surface area contributed by atoms with Gasteiger partial charge in [0.1, 0.15) is 11.5 Å².